The van der Waals surface area contributed by atoms with Crippen molar-refractivity contribution in [2.45, 2.75) is 0 Å². The fourth-order valence-electron chi connectivity index (χ4n) is 6.67. The number of nitrogens with zero attached hydrogens (tertiary/aromatic N) is 4. The lowest BCUT2D eigenvalue weighted by Crippen LogP contribution is -2.00. The smallest absolute Gasteiger partial charge is 0.164 e. The third-order valence-electron chi connectivity index (χ3n) is 9.15. The summed E-state index contributed by atoms with van der Waals surface area (Å²) < 4.78 is 0. The number of fused-ring (bicyclic) bond motifs is 2. The molecule has 9 rings (SSSR count). The molecule has 50 heavy (non-hydrogen) atoms. The van der Waals surface area contributed by atoms with E-state index in [-0.39, 0.29) is 0 Å². The van der Waals surface area contributed by atoms with Gasteiger partial charge in [0.15, 0.2) is 17.5 Å². The summed E-state index contributed by atoms with van der Waals surface area (Å²) in [5.74, 6) is 1.86. The molecule has 0 fully saturated rings. The number of hydrogen-bond acceptors (Lipinski definition) is 4. The summed E-state index contributed by atoms with van der Waals surface area (Å²) in [5, 5.41) is 3.47. The Morgan fingerprint density at radius 2 is 0.780 bits per heavy atom. The van der Waals surface area contributed by atoms with Gasteiger partial charge in [0, 0.05) is 33.8 Å². The zero-order chi connectivity index (χ0) is 33.3. The largest absolute Gasteiger partial charge is 0.256 e. The van der Waals surface area contributed by atoms with Gasteiger partial charge in [-0.25, -0.2) is 15.0 Å². The van der Waals surface area contributed by atoms with Crippen molar-refractivity contribution in [1.29, 1.82) is 0 Å². The van der Waals surface area contributed by atoms with Crippen LogP contribution in [0, 0.1) is 0 Å². The minimum absolute atomic E-state index is 0.609. The second-order valence-corrected chi connectivity index (χ2v) is 12.3. The van der Waals surface area contributed by atoms with Gasteiger partial charge >= 0.3 is 0 Å². The van der Waals surface area contributed by atoms with Gasteiger partial charge in [-0.2, -0.15) is 0 Å². The van der Waals surface area contributed by atoms with Gasteiger partial charge in [0.1, 0.15) is 0 Å². The van der Waals surface area contributed by atoms with E-state index in [9.17, 15) is 0 Å². The number of aromatic nitrogens is 4. The Labute approximate surface area is 290 Å². The molecule has 9 aromatic rings. The molecule has 0 amide bonds. The van der Waals surface area contributed by atoms with Crippen molar-refractivity contribution in [3.05, 3.63) is 182 Å². The van der Waals surface area contributed by atoms with Crippen LogP contribution in [0.1, 0.15) is 0 Å². The molecule has 0 radical (unpaired) electrons. The van der Waals surface area contributed by atoms with E-state index in [2.05, 4.69) is 133 Å². The molecule has 7 aromatic carbocycles. The molecule has 0 atom stereocenters. The first-order valence-electron chi connectivity index (χ1n) is 16.7. The number of hydrogen-bond donors (Lipinski definition) is 0. The predicted octanol–water partition coefficient (Wildman–Crippen LogP) is 11.6. The van der Waals surface area contributed by atoms with Crippen molar-refractivity contribution in [2.75, 3.05) is 0 Å². The molecule has 2 aromatic heterocycles. The minimum atomic E-state index is 0.609. The van der Waals surface area contributed by atoms with E-state index in [1.807, 2.05) is 48.7 Å². The molecule has 0 spiro atoms. The van der Waals surface area contributed by atoms with Gasteiger partial charge in [-0.05, 0) is 62.9 Å². The van der Waals surface area contributed by atoms with Crippen LogP contribution in [0.3, 0.4) is 0 Å². The molecule has 0 saturated heterocycles. The Hall–Kier alpha value is -6.78. The van der Waals surface area contributed by atoms with Gasteiger partial charge in [0.05, 0.1) is 5.52 Å². The number of para-hydroxylation sites is 1. The van der Waals surface area contributed by atoms with E-state index in [0.29, 0.717) is 17.5 Å². The van der Waals surface area contributed by atoms with Gasteiger partial charge < -0.3 is 0 Å². The molecule has 0 saturated carbocycles. The SMILES string of the molecule is c1ccc(-c2ccc(-c3nc(-c4ccccc4)nc(-c4cc(-c5cccc6ccccc56)cc(-c5cccc6cccnc56)c4)n3)cc2)cc1. The summed E-state index contributed by atoms with van der Waals surface area (Å²) >= 11 is 0. The van der Waals surface area contributed by atoms with Crippen LogP contribution in [0.2, 0.25) is 0 Å². The second-order valence-electron chi connectivity index (χ2n) is 12.3. The molecule has 0 aliphatic carbocycles. The highest BCUT2D eigenvalue weighted by Crippen LogP contribution is 2.38. The molecule has 4 nitrogen and oxygen atoms in total. The van der Waals surface area contributed by atoms with Gasteiger partial charge in [0.2, 0.25) is 0 Å². The van der Waals surface area contributed by atoms with E-state index in [4.69, 9.17) is 19.9 Å². The summed E-state index contributed by atoms with van der Waals surface area (Å²) in [6.07, 6.45) is 1.86. The normalized spacial score (nSPS) is 11.2. The van der Waals surface area contributed by atoms with E-state index in [1.165, 1.54) is 16.3 Å². The maximum Gasteiger partial charge on any atom is 0.164 e. The van der Waals surface area contributed by atoms with Crippen LogP contribution in [-0.2, 0) is 0 Å². The van der Waals surface area contributed by atoms with Crippen LogP contribution in [-0.4, -0.2) is 19.9 Å². The average Bonchev–Trinajstić information content (AvgIpc) is 3.21. The maximum absolute atomic E-state index is 5.16. The fourth-order valence-corrected chi connectivity index (χ4v) is 6.67. The third kappa shape index (κ3) is 5.59. The lowest BCUT2D eigenvalue weighted by Gasteiger charge is -2.14. The van der Waals surface area contributed by atoms with Gasteiger partial charge in [-0.1, -0.05) is 152 Å². The Balaban J connectivity index is 1.27. The maximum atomic E-state index is 5.16. The van der Waals surface area contributed by atoms with Gasteiger partial charge in [0.25, 0.3) is 0 Å². The summed E-state index contributed by atoms with van der Waals surface area (Å²) in [6, 6.07) is 61.0. The summed E-state index contributed by atoms with van der Waals surface area (Å²) in [6.45, 7) is 0. The average molecular weight is 639 g/mol. The van der Waals surface area contributed by atoms with Crippen molar-refractivity contribution >= 4 is 21.7 Å². The second kappa shape index (κ2) is 12.7. The highest BCUT2D eigenvalue weighted by molar-refractivity contribution is 6.00. The van der Waals surface area contributed by atoms with Crippen molar-refractivity contribution in [3.63, 3.8) is 0 Å². The highest BCUT2D eigenvalue weighted by atomic mass is 15.0. The lowest BCUT2D eigenvalue weighted by atomic mass is 9.92. The fraction of sp³-hybridized carbons (Fsp3) is 0. The van der Waals surface area contributed by atoms with Crippen LogP contribution >= 0.6 is 0 Å². The van der Waals surface area contributed by atoms with E-state index in [0.717, 1.165) is 55.4 Å². The van der Waals surface area contributed by atoms with Crippen LogP contribution in [0.25, 0.3) is 89.2 Å². The predicted molar refractivity (Wildman–Crippen MR) is 205 cm³/mol. The van der Waals surface area contributed by atoms with Crippen LogP contribution in [0.5, 0.6) is 0 Å². The molecule has 234 valence electrons. The zero-order valence-corrected chi connectivity index (χ0v) is 27.1. The molecular weight excluding hydrogens is 609 g/mol. The first kappa shape index (κ1) is 29.4. The number of pyridine rings is 1. The first-order valence-corrected chi connectivity index (χ1v) is 16.7. The lowest BCUT2D eigenvalue weighted by molar-refractivity contribution is 1.07. The van der Waals surface area contributed by atoms with Crippen LogP contribution < -0.4 is 0 Å². The molecule has 0 bridgehead atoms. The summed E-state index contributed by atoms with van der Waals surface area (Å²) in [7, 11) is 0. The minimum Gasteiger partial charge on any atom is -0.256 e. The Kier molecular flexibility index (Phi) is 7.45. The quantitative estimate of drug-likeness (QED) is 0.182. The van der Waals surface area contributed by atoms with Crippen molar-refractivity contribution in [3.8, 4) is 67.5 Å². The van der Waals surface area contributed by atoms with E-state index < -0.39 is 0 Å². The highest BCUT2D eigenvalue weighted by Gasteiger charge is 2.17. The Bertz CT molecular complexity index is 2520. The standard InChI is InChI=1S/C46H30N4/c1-3-12-31(13-4-1)32-23-25-36(26-24-32)45-48-44(35-15-5-2-6-16-35)49-46(50-45)39-29-37(41-21-9-17-33-14-7-8-20-40(33)41)28-38(30-39)42-22-10-18-34-19-11-27-47-43(34)42/h1-30H. The van der Waals surface area contributed by atoms with E-state index >= 15 is 0 Å². The summed E-state index contributed by atoms with van der Waals surface area (Å²) in [5.41, 5.74) is 10.4. The van der Waals surface area contributed by atoms with Crippen LogP contribution in [0.15, 0.2) is 182 Å². The summed E-state index contributed by atoms with van der Waals surface area (Å²) in [4.78, 5) is 20.1. The first-order chi connectivity index (χ1) is 24.8. The zero-order valence-electron chi connectivity index (χ0n) is 27.1. The third-order valence-corrected chi connectivity index (χ3v) is 9.15. The van der Waals surface area contributed by atoms with Gasteiger partial charge in [-0.3, -0.25) is 4.98 Å². The number of benzene rings is 7. The van der Waals surface area contributed by atoms with Crippen molar-refractivity contribution in [1.82, 2.24) is 19.9 Å². The molecular formula is C46H30N4. The number of rotatable bonds is 6. The van der Waals surface area contributed by atoms with Crippen LogP contribution in [0.4, 0.5) is 0 Å². The molecule has 4 heteroatoms. The van der Waals surface area contributed by atoms with E-state index in [1.54, 1.807) is 0 Å². The van der Waals surface area contributed by atoms with Crippen molar-refractivity contribution in [2.24, 2.45) is 0 Å². The molecule has 0 N–H and O–H groups in total. The molecule has 2 heterocycles. The Morgan fingerprint density at radius 1 is 0.300 bits per heavy atom. The molecule has 0 aliphatic rings. The monoisotopic (exact) mass is 638 g/mol. The van der Waals surface area contributed by atoms with Crippen molar-refractivity contribution < 1.29 is 0 Å². The Morgan fingerprint density at radius 3 is 1.52 bits per heavy atom. The molecule has 0 aliphatic heterocycles. The topological polar surface area (TPSA) is 51.6 Å². The van der Waals surface area contributed by atoms with Gasteiger partial charge in [-0.15, -0.1) is 0 Å². The molecule has 0 unspecified atom stereocenters.